The van der Waals surface area contributed by atoms with Crippen molar-refractivity contribution in [2.24, 2.45) is 23.2 Å². The molecule has 5 rings (SSSR count). The summed E-state index contributed by atoms with van der Waals surface area (Å²) in [4.78, 5) is 1.99. The molecule has 4 bridgehead atoms. The van der Waals surface area contributed by atoms with Crippen molar-refractivity contribution in [1.82, 2.24) is 0 Å². The molecule has 0 saturated heterocycles. The third kappa shape index (κ3) is 2.05. The van der Waals surface area contributed by atoms with Gasteiger partial charge in [0, 0.05) is 4.88 Å². The maximum atomic E-state index is 6.28. The van der Waals surface area contributed by atoms with Crippen LogP contribution >= 0.6 is 38.9 Å². The standard InChI is InChI=1S/C16H20BrClS/c1-9-2-13(19-15(9)18)14(17)16-6-10-3-11(7-16)5-12(4-10)8-16/h2,10-12,14H,3-8H2,1H3. The minimum atomic E-state index is 0.532. The highest BCUT2D eigenvalue weighted by Gasteiger charge is 2.54. The van der Waals surface area contributed by atoms with E-state index >= 15 is 0 Å². The lowest BCUT2D eigenvalue weighted by Gasteiger charge is -2.58. The van der Waals surface area contributed by atoms with Gasteiger partial charge in [0.25, 0.3) is 0 Å². The second-order valence-corrected chi connectivity index (χ2v) is 9.85. The molecule has 0 aromatic carbocycles. The van der Waals surface area contributed by atoms with Gasteiger partial charge in [0.05, 0.1) is 9.16 Å². The van der Waals surface area contributed by atoms with Crippen LogP contribution in [-0.2, 0) is 0 Å². The Morgan fingerprint density at radius 2 is 1.74 bits per heavy atom. The van der Waals surface area contributed by atoms with Crippen LogP contribution in [-0.4, -0.2) is 0 Å². The van der Waals surface area contributed by atoms with Crippen LogP contribution in [0.3, 0.4) is 0 Å². The van der Waals surface area contributed by atoms with Gasteiger partial charge in [-0.25, -0.2) is 0 Å². The molecular formula is C16H20BrClS. The van der Waals surface area contributed by atoms with E-state index in [0.717, 1.165) is 22.1 Å². The molecule has 0 radical (unpaired) electrons. The maximum absolute atomic E-state index is 6.28. The van der Waals surface area contributed by atoms with Gasteiger partial charge >= 0.3 is 0 Å². The molecule has 4 aliphatic rings. The Morgan fingerprint density at radius 1 is 1.21 bits per heavy atom. The Kier molecular flexibility index (Phi) is 3.10. The van der Waals surface area contributed by atoms with E-state index in [1.165, 1.54) is 49.0 Å². The van der Waals surface area contributed by atoms with Crippen LogP contribution in [0.25, 0.3) is 0 Å². The predicted molar refractivity (Wildman–Crippen MR) is 86.3 cm³/mol. The predicted octanol–water partition coefficient (Wildman–Crippen LogP) is 6.36. The van der Waals surface area contributed by atoms with E-state index in [1.54, 1.807) is 11.3 Å². The van der Waals surface area contributed by atoms with E-state index in [-0.39, 0.29) is 0 Å². The highest BCUT2D eigenvalue weighted by atomic mass is 79.9. The van der Waals surface area contributed by atoms with Gasteiger partial charge in [0.1, 0.15) is 0 Å². The monoisotopic (exact) mass is 358 g/mol. The average Bonchev–Trinajstić information content (AvgIpc) is 2.67. The molecule has 1 unspecified atom stereocenters. The van der Waals surface area contributed by atoms with E-state index in [0.29, 0.717) is 10.2 Å². The van der Waals surface area contributed by atoms with Gasteiger partial charge in [-0.05, 0) is 80.2 Å². The molecule has 0 amide bonds. The maximum Gasteiger partial charge on any atom is 0.0960 e. The third-order valence-corrected chi connectivity index (χ3v) is 9.14. The van der Waals surface area contributed by atoms with Crippen molar-refractivity contribution >= 4 is 38.9 Å². The molecule has 1 aromatic heterocycles. The molecule has 1 aromatic rings. The first-order valence-electron chi connectivity index (χ1n) is 7.46. The second-order valence-electron chi connectivity index (χ2n) is 7.25. The SMILES string of the molecule is Cc1cc(C(Br)C23CC4CC(CC(C4)C2)C3)sc1Cl. The van der Waals surface area contributed by atoms with E-state index in [2.05, 4.69) is 28.9 Å². The molecule has 1 atom stereocenters. The Labute approximate surface area is 133 Å². The van der Waals surface area contributed by atoms with Gasteiger partial charge in [-0.3, -0.25) is 0 Å². The summed E-state index contributed by atoms with van der Waals surface area (Å²) in [5.41, 5.74) is 1.78. The first-order chi connectivity index (χ1) is 9.06. The van der Waals surface area contributed by atoms with Gasteiger partial charge in [0.2, 0.25) is 0 Å². The summed E-state index contributed by atoms with van der Waals surface area (Å²) < 4.78 is 0.976. The zero-order chi connectivity index (χ0) is 13.2. The summed E-state index contributed by atoms with van der Waals surface area (Å²) in [7, 11) is 0. The zero-order valence-corrected chi connectivity index (χ0v) is 14.5. The first kappa shape index (κ1) is 13.2. The molecule has 104 valence electrons. The van der Waals surface area contributed by atoms with Gasteiger partial charge < -0.3 is 0 Å². The number of thiophene rings is 1. The van der Waals surface area contributed by atoms with Crippen molar-refractivity contribution in [3.63, 3.8) is 0 Å². The van der Waals surface area contributed by atoms with Crippen LogP contribution in [0.5, 0.6) is 0 Å². The second kappa shape index (κ2) is 4.48. The fraction of sp³-hybridized carbons (Fsp3) is 0.750. The molecule has 0 nitrogen and oxygen atoms in total. The molecule has 0 N–H and O–H groups in total. The number of hydrogen-bond donors (Lipinski definition) is 0. The summed E-state index contributed by atoms with van der Waals surface area (Å²) >= 11 is 12.1. The number of hydrogen-bond acceptors (Lipinski definition) is 1. The minimum absolute atomic E-state index is 0.532. The van der Waals surface area contributed by atoms with Crippen LogP contribution in [0.15, 0.2) is 6.07 Å². The van der Waals surface area contributed by atoms with Crippen molar-refractivity contribution in [2.75, 3.05) is 0 Å². The molecule has 4 fully saturated rings. The van der Waals surface area contributed by atoms with Gasteiger partial charge in [-0.2, -0.15) is 0 Å². The Hall–Kier alpha value is 0.470. The highest BCUT2D eigenvalue weighted by Crippen LogP contribution is 2.66. The van der Waals surface area contributed by atoms with E-state index < -0.39 is 0 Å². The number of alkyl halides is 1. The largest absolute Gasteiger partial charge is 0.127 e. The quantitative estimate of drug-likeness (QED) is 0.539. The normalized spacial score (nSPS) is 41.7. The lowest BCUT2D eigenvalue weighted by Crippen LogP contribution is -2.47. The molecule has 19 heavy (non-hydrogen) atoms. The minimum Gasteiger partial charge on any atom is -0.127 e. The van der Waals surface area contributed by atoms with Crippen molar-refractivity contribution in [1.29, 1.82) is 0 Å². The third-order valence-electron chi connectivity index (χ3n) is 5.75. The van der Waals surface area contributed by atoms with E-state index in [1.807, 2.05) is 0 Å². The molecule has 4 saturated carbocycles. The Balaban J connectivity index is 1.67. The highest BCUT2D eigenvalue weighted by molar-refractivity contribution is 9.09. The molecule has 3 heteroatoms. The molecule has 0 aliphatic heterocycles. The molecule has 1 heterocycles. The summed E-state index contributed by atoms with van der Waals surface area (Å²) in [5, 5.41) is 0. The smallest absolute Gasteiger partial charge is 0.0960 e. The van der Waals surface area contributed by atoms with Crippen LogP contribution in [0, 0.1) is 30.1 Å². The summed E-state index contributed by atoms with van der Waals surface area (Å²) in [6, 6.07) is 2.31. The number of aryl methyl sites for hydroxylation is 1. The molecule has 4 aliphatic carbocycles. The first-order valence-corrected chi connectivity index (χ1v) is 9.57. The van der Waals surface area contributed by atoms with Crippen molar-refractivity contribution in [3.8, 4) is 0 Å². The molecular weight excluding hydrogens is 340 g/mol. The van der Waals surface area contributed by atoms with Crippen molar-refractivity contribution in [3.05, 3.63) is 20.8 Å². The lowest BCUT2D eigenvalue weighted by atomic mass is 9.49. The van der Waals surface area contributed by atoms with Crippen LogP contribution in [0.4, 0.5) is 0 Å². The van der Waals surface area contributed by atoms with Gasteiger partial charge in [0.15, 0.2) is 0 Å². The number of halogens is 2. The van der Waals surface area contributed by atoms with Crippen molar-refractivity contribution in [2.45, 2.75) is 50.3 Å². The van der Waals surface area contributed by atoms with Crippen molar-refractivity contribution < 1.29 is 0 Å². The van der Waals surface area contributed by atoms with Gasteiger partial charge in [-0.15, -0.1) is 11.3 Å². The number of rotatable bonds is 2. The average molecular weight is 360 g/mol. The fourth-order valence-electron chi connectivity index (χ4n) is 5.40. The summed E-state index contributed by atoms with van der Waals surface area (Å²) in [6.45, 7) is 2.13. The van der Waals surface area contributed by atoms with E-state index in [9.17, 15) is 0 Å². The van der Waals surface area contributed by atoms with Crippen LogP contribution in [0.2, 0.25) is 4.34 Å². The summed E-state index contributed by atoms with van der Waals surface area (Å²) in [6.07, 6.45) is 8.89. The van der Waals surface area contributed by atoms with Gasteiger partial charge in [-0.1, -0.05) is 27.5 Å². The Morgan fingerprint density at radius 3 is 2.16 bits per heavy atom. The van der Waals surface area contributed by atoms with Crippen LogP contribution < -0.4 is 0 Å². The summed E-state index contributed by atoms with van der Waals surface area (Å²) in [5.74, 6) is 3.05. The zero-order valence-electron chi connectivity index (χ0n) is 11.3. The fourth-order valence-corrected chi connectivity index (χ4v) is 7.71. The Bertz CT molecular complexity index is 452. The lowest BCUT2D eigenvalue weighted by molar-refractivity contribution is -0.0524. The van der Waals surface area contributed by atoms with Crippen LogP contribution in [0.1, 0.15) is 53.8 Å². The van der Waals surface area contributed by atoms with E-state index in [4.69, 9.17) is 11.6 Å². The molecule has 0 spiro atoms. The topological polar surface area (TPSA) is 0 Å².